The normalized spacial score (nSPS) is 10.2. The van der Waals surface area contributed by atoms with Gasteiger partial charge in [0.05, 0.1) is 25.5 Å². The maximum absolute atomic E-state index is 12.4. The Labute approximate surface area is 174 Å². The first-order chi connectivity index (χ1) is 13.5. The van der Waals surface area contributed by atoms with Crippen molar-refractivity contribution in [3.8, 4) is 22.8 Å². The van der Waals surface area contributed by atoms with Crippen molar-refractivity contribution in [2.24, 2.45) is 0 Å². The minimum atomic E-state index is -0.515. The number of hydrogen-bond donors (Lipinski definition) is 3. The van der Waals surface area contributed by atoms with Gasteiger partial charge in [-0.1, -0.05) is 30.3 Å². The fourth-order valence-electron chi connectivity index (χ4n) is 2.47. The van der Waals surface area contributed by atoms with Crippen LogP contribution in [-0.2, 0) is 0 Å². The summed E-state index contributed by atoms with van der Waals surface area (Å²) in [7, 11) is 3.00. The summed E-state index contributed by atoms with van der Waals surface area (Å²) in [6.45, 7) is 0. The van der Waals surface area contributed by atoms with Gasteiger partial charge in [-0.15, -0.1) is 0 Å². The summed E-state index contributed by atoms with van der Waals surface area (Å²) in [5.41, 5.74) is 6.83. The predicted molar refractivity (Wildman–Crippen MR) is 111 cm³/mol. The smallest absolute Gasteiger partial charge is 0.287 e. The number of ether oxygens (including phenoxy) is 2. The van der Waals surface area contributed by atoms with Crippen molar-refractivity contribution in [3.05, 3.63) is 63.4 Å². The van der Waals surface area contributed by atoms with E-state index in [4.69, 9.17) is 9.47 Å². The molecular weight excluding hydrogens is 475 g/mol. The molecule has 0 unspecified atom stereocenters. The first-order valence-electron chi connectivity index (χ1n) is 8.16. The molecule has 1 heterocycles. The van der Waals surface area contributed by atoms with Crippen molar-refractivity contribution in [2.75, 3.05) is 14.2 Å². The highest BCUT2D eigenvalue weighted by Gasteiger charge is 2.17. The van der Waals surface area contributed by atoms with Gasteiger partial charge in [-0.25, -0.2) is 0 Å². The van der Waals surface area contributed by atoms with Crippen molar-refractivity contribution >= 4 is 34.4 Å². The van der Waals surface area contributed by atoms with Gasteiger partial charge in [-0.3, -0.25) is 25.5 Å². The van der Waals surface area contributed by atoms with E-state index < -0.39 is 11.8 Å². The van der Waals surface area contributed by atoms with Gasteiger partial charge in [0.1, 0.15) is 5.69 Å². The number of rotatable bonds is 5. The fourth-order valence-corrected chi connectivity index (χ4v) is 3.15. The molecule has 0 aliphatic rings. The molecule has 28 heavy (non-hydrogen) atoms. The lowest BCUT2D eigenvalue weighted by Gasteiger charge is -2.12. The van der Waals surface area contributed by atoms with Gasteiger partial charge >= 0.3 is 0 Å². The molecule has 9 heteroatoms. The highest BCUT2D eigenvalue weighted by Crippen LogP contribution is 2.31. The van der Waals surface area contributed by atoms with Gasteiger partial charge in [0, 0.05) is 9.13 Å². The van der Waals surface area contributed by atoms with E-state index in [2.05, 4.69) is 21.0 Å². The van der Waals surface area contributed by atoms with Crippen LogP contribution < -0.4 is 20.3 Å². The van der Waals surface area contributed by atoms with Crippen LogP contribution in [0.2, 0.25) is 0 Å². The highest BCUT2D eigenvalue weighted by molar-refractivity contribution is 14.1. The van der Waals surface area contributed by atoms with Gasteiger partial charge in [0.15, 0.2) is 11.5 Å². The van der Waals surface area contributed by atoms with Crippen molar-refractivity contribution < 1.29 is 19.1 Å². The van der Waals surface area contributed by atoms with Crippen LogP contribution in [0.25, 0.3) is 11.3 Å². The molecule has 0 saturated heterocycles. The molecule has 0 fully saturated rings. The summed E-state index contributed by atoms with van der Waals surface area (Å²) in [6, 6.07) is 14.3. The summed E-state index contributed by atoms with van der Waals surface area (Å²) >= 11 is 2.01. The summed E-state index contributed by atoms with van der Waals surface area (Å²) in [5.74, 6) is -0.0705. The number of nitrogens with one attached hydrogen (secondary N) is 3. The van der Waals surface area contributed by atoms with E-state index in [1.807, 2.05) is 52.9 Å². The molecule has 1 aromatic heterocycles. The molecule has 0 atom stereocenters. The number of amides is 2. The Morgan fingerprint density at radius 1 is 0.964 bits per heavy atom. The summed E-state index contributed by atoms with van der Waals surface area (Å²) < 4.78 is 11.1. The molecule has 0 radical (unpaired) electrons. The van der Waals surface area contributed by atoms with E-state index in [-0.39, 0.29) is 5.69 Å². The Hall–Kier alpha value is -3.08. The van der Waals surface area contributed by atoms with Crippen molar-refractivity contribution in [1.29, 1.82) is 0 Å². The Balaban J connectivity index is 1.68. The van der Waals surface area contributed by atoms with Crippen LogP contribution in [0.3, 0.4) is 0 Å². The molecule has 2 amide bonds. The number of carbonyl (C=O) groups is 2. The van der Waals surface area contributed by atoms with Crippen LogP contribution in [0, 0.1) is 3.57 Å². The number of methoxy groups -OCH3 is 2. The molecule has 0 spiro atoms. The second kappa shape index (κ2) is 8.74. The largest absolute Gasteiger partial charge is 0.493 e. The van der Waals surface area contributed by atoms with Crippen LogP contribution in [0.1, 0.15) is 20.8 Å². The summed E-state index contributed by atoms with van der Waals surface area (Å²) in [5, 5.41) is 6.78. The third kappa shape index (κ3) is 4.25. The van der Waals surface area contributed by atoms with Crippen LogP contribution in [-0.4, -0.2) is 36.2 Å². The minimum Gasteiger partial charge on any atom is -0.493 e. The first-order valence-corrected chi connectivity index (χ1v) is 9.24. The lowest BCUT2D eigenvalue weighted by Crippen LogP contribution is -2.42. The maximum atomic E-state index is 12.4. The average Bonchev–Trinajstić information content (AvgIpc) is 3.22. The lowest BCUT2D eigenvalue weighted by atomic mass is 10.1. The predicted octanol–water partition coefficient (Wildman–Crippen LogP) is 2.77. The fraction of sp³-hybridized carbons (Fsp3) is 0.105. The Bertz CT molecular complexity index is 1000. The number of aromatic nitrogens is 2. The number of aromatic amines is 1. The number of carbonyl (C=O) groups excluding carboxylic acids is 2. The molecule has 3 aromatic rings. The molecule has 0 aliphatic carbocycles. The number of hydrogen-bond acceptors (Lipinski definition) is 5. The van der Waals surface area contributed by atoms with E-state index in [0.29, 0.717) is 26.3 Å². The van der Waals surface area contributed by atoms with E-state index in [9.17, 15) is 9.59 Å². The zero-order valence-corrected chi connectivity index (χ0v) is 17.2. The second-order valence-corrected chi connectivity index (χ2v) is 6.79. The molecule has 8 nitrogen and oxygen atoms in total. The third-order valence-corrected chi connectivity index (χ3v) is 4.79. The molecule has 0 bridgehead atoms. The van der Waals surface area contributed by atoms with Gasteiger partial charge in [-0.2, -0.15) is 5.10 Å². The van der Waals surface area contributed by atoms with Crippen molar-refractivity contribution in [3.63, 3.8) is 0 Å². The number of H-pyrrole nitrogens is 1. The number of hydrazine groups is 1. The molecule has 2 aromatic carbocycles. The number of halogens is 1. The van der Waals surface area contributed by atoms with Crippen LogP contribution in [0.5, 0.6) is 11.5 Å². The van der Waals surface area contributed by atoms with Gasteiger partial charge in [0.2, 0.25) is 0 Å². The molecule has 3 N–H and O–H groups in total. The van der Waals surface area contributed by atoms with Crippen LogP contribution >= 0.6 is 22.6 Å². The molecule has 0 saturated carbocycles. The quantitative estimate of drug-likeness (QED) is 0.376. The second-order valence-electron chi connectivity index (χ2n) is 5.63. The third-order valence-electron chi connectivity index (χ3n) is 3.90. The first kappa shape index (κ1) is 19.7. The Kier molecular flexibility index (Phi) is 6.14. The topological polar surface area (TPSA) is 105 Å². The summed E-state index contributed by atoms with van der Waals surface area (Å²) in [6.07, 6.45) is 0. The van der Waals surface area contributed by atoms with Crippen molar-refractivity contribution in [1.82, 2.24) is 21.0 Å². The van der Waals surface area contributed by atoms with Crippen LogP contribution in [0.15, 0.2) is 48.5 Å². The zero-order chi connectivity index (χ0) is 20.1. The molecule has 144 valence electrons. The van der Waals surface area contributed by atoms with Gasteiger partial charge in [0.25, 0.3) is 11.8 Å². The lowest BCUT2D eigenvalue weighted by molar-refractivity contribution is 0.0843. The molecular formula is C19H17IN4O4. The maximum Gasteiger partial charge on any atom is 0.287 e. The number of benzene rings is 2. The Morgan fingerprint density at radius 3 is 2.29 bits per heavy atom. The zero-order valence-electron chi connectivity index (χ0n) is 15.1. The van der Waals surface area contributed by atoms with Crippen LogP contribution in [0.4, 0.5) is 0 Å². The van der Waals surface area contributed by atoms with Crippen molar-refractivity contribution in [2.45, 2.75) is 0 Å². The number of nitrogens with zero attached hydrogens (tertiary/aromatic N) is 1. The monoisotopic (exact) mass is 492 g/mol. The SMILES string of the molecule is COc1cc(I)c(C(=O)NNC(=O)c2cc(-c3ccccc3)n[nH]2)cc1OC. The van der Waals surface area contributed by atoms with E-state index in [1.54, 1.807) is 18.2 Å². The van der Waals surface area contributed by atoms with E-state index >= 15 is 0 Å². The van der Waals surface area contributed by atoms with E-state index in [0.717, 1.165) is 5.56 Å². The van der Waals surface area contributed by atoms with Gasteiger partial charge in [-0.05, 0) is 40.8 Å². The molecule has 0 aliphatic heterocycles. The minimum absolute atomic E-state index is 0.223. The van der Waals surface area contributed by atoms with Gasteiger partial charge < -0.3 is 9.47 Å². The molecule has 3 rings (SSSR count). The highest BCUT2D eigenvalue weighted by atomic mass is 127. The average molecular weight is 492 g/mol. The standard InChI is InChI=1S/C19H17IN4O4/c1-27-16-8-12(13(20)9-17(16)28-2)18(25)23-24-19(26)15-10-14(21-22-15)11-6-4-3-5-7-11/h3-10H,1-2H3,(H,21,22)(H,23,25)(H,24,26). The summed E-state index contributed by atoms with van der Waals surface area (Å²) in [4.78, 5) is 24.7. The van der Waals surface area contributed by atoms with E-state index in [1.165, 1.54) is 14.2 Å². The Morgan fingerprint density at radius 2 is 1.61 bits per heavy atom.